The van der Waals surface area contributed by atoms with Gasteiger partial charge in [-0.1, -0.05) is 23.7 Å². The van der Waals surface area contributed by atoms with E-state index in [0.29, 0.717) is 11.3 Å². The van der Waals surface area contributed by atoms with Gasteiger partial charge in [0, 0.05) is 11.3 Å². The molecule has 0 heterocycles. The van der Waals surface area contributed by atoms with Crippen LogP contribution in [0.25, 0.3) is 0 Å². The van der Waals surface area contributed by atoms with Crippen molar-refractivity contribution in [2.24, 2.45) is 0 Å². The molecule has 0 aliphatic carbocycles. The number of carbonyl (C=O) groups is 2. The molecule has 0 unspecified atom stereocenters. The largest absolute Gasteiger partial charge is 0.323 e. The number of hydrogen-bond donors (Lipinski definition) is 2. The van der Waals surface area contributed by atoms with Crippen molar-refractivity contribution in [3.63, 3.8) is 0 Å². The molecule has 0 saturated carbocycles. The van der Waals surface area contributed by atoms with Crippen molar-refractivity contribution in [2.45, 2.75) is 6.92 Å². The Kier molecular flexibility index (Phi) is 4.55. The molecule has 2 aromatic carbocycles. The first kappa shape index (κ1) is 15.0. The quantitative estimate of drug-likeness (QED) is 0.829. The van der Waals surface area contributed by atoms with Crippen LogP contribution >= 0.6 is 11.6 Å². The van der Waals surface area contributed by atoms with Crippen LogP contribution in [0.5, 0.6) is 0 Å². The number of amides is 2. The van der Waals surface area contributed by atoms with Gasteiger partial charge in [0.2, 0.25) is 0 Å². The Hall–Kier alpha value is -2.40. The van der Waals surface area contributed by atoms with Gasteiger partial charge in [0.25, 0.3) is 0 Å². The van der Waals surface area contributed by atoms with Crippen LogP contribution in [0.4, 0.5) is 20.6 Å². The molecule has 21 heavy (non-hydrogen) atoms. The first-order valence-electron chi connectivity index (χ1n) is 6.10. The zero-order chi connectivity index (χ0) is 15.4. The number of ketones is 1. The van der Waals surface area contributed by atoms with Crippen LogP contribution in [0, 0.1) is 5.82 Å². The average Bonchev–Trinajstić information content (AvgIpc) is 2.43. The van der Waals surface area contributed by atoms with Gasteiger partial charge in [-0.15, -0.1) is 0 Å². The second-order valence-electron chi connectivity index (χ2n) is 4.34. The molecule has 2 aromatic rings. The lowest BCUT2D eigenvalue weighted by atomic mass is 10.1. The summed E-state index contributed by atoms with van der Waals surface area (Å²) in [4.78, 5) is 23.1. The maximum Gasteiger partial charge on any atom is 0.323 e. The summed E-state index contributed by atoms with van der Waals surface area (Å²) in [6, 6.07) is 9.58. The van der Waals surface area contributed by atoms with Crippen molar-refractivity contribution in [1.29, 1.82) is 0 Å². The van der Waals surface area contributed by atoms with Gasteiger partial charge in [-0.05, 0) is 37.3 Å². The summed E-state index contributed by atoms with van der Waals surface area (Å²) >= 11 is 5.86. The van der Waals surface area contributed by atoms with Crippen molar-refractivity contribution in [3.8, 4) is 0 Å². The first-order valence-corrected chi connectivity index (χ1v) is 6.47. The van der Waals surface area contributed by atoms with E-state index < -0.39 is 11.8 Å². The monoisotopic (exact) mass is 306 g/mol. The van der Waals surface area contributed by atoms with E-state index in [4.69, 9.17) is 11.6 Å². The zero-order valence-electron chi connectivity index (χ0n) is 11.1. The summed E-state index contributed by atoms with van der Waals surface area (Å²) in [6.07, 6.45) is 0. The maximum atomic E-state index is 13.1. The molecule has 2 N–H and O–H groups in total. The number of benzene rings is 2. The van der Waals surface area contributed by atoms with Gasteiger partial charge in [-0.3, -0.25) is 4.79 Å². The van der Waals surface area contributed by atoms with Gasteiger partial charge >= 0.3 is 6.03 Å². The van der Waals surface area contributed by atoms with Crippen LogP contribution in [0.15, 0.2) is 42.5 Å². The molecule has 0 saturated heterocycles. The van der Waals surface area contributed by atoms with Crippen molar-refractivity contribution in [3.05, 3.63) is 58.9 Å². The lowest BCUT2D eigenvalue weighted by molar-refractivity contribution is 0.101. The third kappa shape index (κ3) is 4.03. The number of urea groups is 1. The summed E-state index contributed by atoms with van der Waals surface area (Å²) < 4.78 is 13.1. The molecule has 2 rings (SSSR count). The summed E-state index contributed by atoms with van der Waals surface area (Å²) in [5, 5.41) is 5.22. The Balaban J connectivity index is 2.10. The highest BCUT2D eigenvalue weighted by molar-refractivity contribution is 6.33. The van der Waals surface area contributed by atoms with E-state index in [9.17, 15) is 14.0 Å². The number of anilines is 2. The number of halogens is 2. The molecule has 0 bridgehead atoms. The van der Waals surface area contributed by atoms with E-state index in [1.54, 1.807) is 24.3 Å². The molecule has 0 aromatic heterocycles. The SMILES string of the molecule is CC(=O)c1cccc(NC(=O)Nc2cc(F)ccc2Cl)c1. The van der Waals surface area contributed by atoms with Crippen LogP contribution < -0.4 is 10.6 Å². The van der Waals surface area contributed by atoms with Crippen LogP contribution in [0.2, 0.25) is 5.02 Å². The van der Waals surface area contributed by atoms with E-state index in [-0.39, 0.29) is 16.5 Å². The third-order valence-electron chi connectivity index (χ3n) is 2.70. The van der Waals surface area contributed by atoms with Crippen molar-refractivity contribution in [2.75, 3.05) is 10.6 Å². The number of rotatable bonds is 3. The molecule has 0 aliphatic heterocycles. The summed E-state index contributed by atoms with van der Waals surface area (Å²) in [5.41, 5.74) is 1.10. The van der Waals surface area contributed by atoms with Crippen LogP contribution in [0.3, 0.4) is 0 Å². The molecule has 108 valence electrons. The van der Waals surface area contributed by atoms with Crippen molar-refractivity contribution >= 4 is 34.8 Å². The number of hydrogen-bond acceptors (Lipinski definition) is 2. The Bertz CT molecular complexity index is 704. The fraction of sp³-hybridized carbons (Fsp3) is 0.0667. The van der Waals surface area contributed by atoms with Crippen LogP contribution in [-0.2, 0) is 0 Å². The lowest BCUT2D eigenvalue weighted by Gasteiger charge is -2.09. The van der Waals surface area contributed by atoms with E-state index in [2.05, 4.69) is 10.6 Å². The predicted octanol–water partition coefficient (Wildman–Crippen LogP) is 4.33. The molecular formula is C15H12ClFN2O2. The van der Waals surface area contributed by atoms with Gasteiger partial charge in [-0.25, -0.2) is 9.18 Å². The van der Waals surface area contributed by atoms with Crippen molar-refractivity contribution < 1.29 is 14.0 Å². The highest BCUT2D eigenvalue weighted by atomic mass is 35.5. The average molecular weight is 307 g/mol. The Morgan fingerprint density at radius 1 is 1.10 bits per heavy atom. The molecule has 0 atom stereocenters. The van der Waals surface area contributed by atoms with Gasteiger partial charge < -0.3 is 10.6 Å². The Morgan fingerprint density at radius 2 is 1.86 bits per heavy atom. The topological polar surface area (TPSA) is 58.2 Å². The minimum atomic E-state index is -0.580. The van der Waals surface area contributed by atoms with Crippen LogP contribution in [0.1, 0.15) is 17.3 Å². The molecule has 6 heteroatoms. The highest BCUT2D eigenvalue weighted by Crippen LogP contribution is 2.22. The molecule has 0 fully saturated rings. The van der Waals surface area contributed by atoms with Crippen LogP contribution in [-0.4, -0.2) is 11.8 Å². The van der Waals surface area contributed by atoms with Gasteiger partial charge in [0.15, 0.2) is 5.78 Å². The second kappa shape index (κ2) is 6.37. The first-order chi connectivity index (χ1) is 9.95. The number of carbonyl (C=O) groups excluding carboxylic acids is 2. The fourth-order valence-corrected chi connectivity index (χ4v) is 1.86. The molecule has 0 spiro atoms. The van der Waals surface area contributed by atoms with Gasteiger partial charge in [-0.2, -0.15) is 0 Å². The fourth-order valence-electron chi connectivity index (χ4n) is 1.69. The van der Waals surface area contributed by atoms with E-state index in [0.717, 1.165) is 6.07 Å². The maximum absolute atomic E-state index is 13.1. The molecular weight excluding hydrogens is 295 g/mol. The van der Waals surface area contributed by atoms with Gasteiger partial charge in [0.05, 0.1) is 10.7 Å². The smallest absolute Gasteiger partial charge is 0.308 e. The Morgan fingerprint density at radius 3 is 2.57 bits per heavy atom. The van der Waals surface area contributed by atoms with E-state index in [1.165, 1.54) is 19.1 Å². The molecule has 0 aliphatic rings. The standard InChI is InChI=1S/C15H12ClFN2O2/c1-9(20)10-3-2-4-12(7-10)18-15(21)19-14-8-11(17)5-6-13(14)16/h2-8H,1H3,(H2,18,19,21). The molecule has 2 amide bonds. The normalized spacial score (nSPS) is 10.0. The summed E-state index contributed by atoms with van der Waals surface area (Å²) in [7, 11) is 0. The minimum Gasteiger partial charge on any atom is -0.308 e. The lowest BCUT2D eigenvalue weighted by Crippen LogP contribution is -2.19. The third-order valence-corrected chi connectivity index (χ3v) is 3.03. The highest BCUT2D eigenvalue weighted by Gasteiger charge is 2.08. The minimum absolute atomic E-state index is 0.104. The van der Waals surface area contributed by atoms with Crippen molar-refractivity contribution in [1.82, 2.24) is 0 Å². The van der Waals surface area contributed by atoms with Gasteiger partial charge in [0.1, 0.15) is 5.82 Å². The summed E-state index contributed by atoms with van der Waals surface area (Å²) in [6.45, 7) is 1.44. The zero-order valence-corrected chi connectivity index (χ0v) is 11.9. The second-order valence-corrected chi connectivity index (χ2v) is 4.75. The number of nitrogens with one attached hydrogen (secondary N) is 2. The molecule has 4 nitrogen and oxygen atoms in total. The van der Waals surface area contributed by atoms with E-state index in [1.807, 2.05) is 0 Å². The predicted molar refractivity (Wildman–Crippen MR) is 80.5 cm³/mol. The van der Waals surface area contributed by atoms with E-state index >= 15 is 0 Å². The molecule has 0 radical (unpaired) electrons. The summed E-state index contributed by atoms with van der Waals surface area (Å²) in [5.74, 6) is -0.611. The Labute approximate surface area is 125 Å². The number of Topliss-reactive ketones (excluding diaryl/α,β-unsaturated/α-hetero) is 1.